The van der Waals surface area contributed by atoms with Gasteiger partial charge >= 0.3 is 0 Å². The highest BCUT2D eigenvalue weighted by Crippen LogP contribution is 2.21. The molecule has 0 aliphatic rings. The van der Waals surface area contributed by atoms with E-state index in [4.69, 9.17) is 0 Å². The summed E-state index contributed by atoms with van der Waals surface area (Å²) in [5.41, 5.74) is 0.167. The molecule has 1 aromatic carbocycles. The fourth-order valence-corrected chi connectivity index (χ4v) is 2.06. The normalized spacial score (nSPS) is 12.8. The van der Waals surface area contributed by atoms with Gasteiger partial charge in [0.15, 0.2) is 0 Å². The van der Waals surface area contributed by atoms with Gasteiger partial charge in [0, 0.05) is 17.4 Å². The first-order valence-electron chi connectivity index (χ1n) is 4.86. The molecule has 4 heteroatoms. The Morgan fingerprint density at radius 3 is 2.73 bits per heavy atom. The Morgan fingerprint density at radius 1 is 1.40 bits per heavy atom. The molecule has 0 spiro atoms. The molecule has 1 N–H and O–H groups in total. The van der Waals surface area contributed by atoms with Crippen LogP contribution in [0.1, 0.15) is 25.0 Å². The molecule has 1 aromatic rings. The monoisotopic (exact) mass is 232 g/mol. The van der Waals surface area contributed by atoms with Crippen molar-refractivity contribution in [2.75, 3.05) is 11.5 Å². The Bertz CT molecular complexity index is 317. The molecule has 1 nitrogen and oxygen atoms in total. The fourth-order valence-electron chi connectivity index (χ4n) is 1.20. The Kier molecular flexibility index (Phi) is 5.05. The van der Waals surface area contributed by atoms with Crippen molar-refractivity contribution in [1.82, 2.24) is 0 Å². The predicted octanol–water partition coefficient (Wildman–Crippen LogP) is 3.14. The smallest absolute Gasteiger partial charge is 0.131 e. The highest BCUT2D eigenvalue weighted by molar-refractivity contribution is 7.99. The molecule has 1 unspecified atom stereocenters. The van der Waals surface area contributed by atoms with E-state index in [1.54, 1.807) is 11.8 Å². The maximum atomic E-state index is 13.2. The summed E-state index contributed by atoms with van der Waals surface area (Å²) >= 11 is 1.56. The van der Waals surface area contributed by atoms with E-state index in [-0.39, 0.29) is 5.56 Å². The summed E-state index contributed by atoms with van der Waals surface area (Å²) in [5, 5.41) is 9.64. The van der Waals surface area contributed by atoms with Gasteiger partial charge < -0.3 is 5.11 Å². The molecule has 0 aliphatic heterocycles. The molecule has 15 heavy (non-hydrogen) atoms. The van der Waals surface area contributed by atoms with E-state index in [1.165, 1.54) is 6.07 Å². The minimum Gasteiger partial charge on any atom is -0.387 e. The van der Waals surface area contributed by atoms with Crippen LogP contribution in [0.3, 0.4) is 0 Å². The van der Waals surface area contributed by atoms with Crippen LogP contribution >= 0.6 is 11.8 Å². The summed E-state index contributed by atoms with van der Waals surface area (Å²) in [6.45, 7) is 2.04. The van der Waals surface area contributed by atoms with Crippen LogP contribution in [0.2, 0.25) is 0 Å². The van der Waals surface area contributed by atoms with Gasteiger partial charge in [-0.3, -0.25) is 0 Å². The highest BCUT2D eigenvalue weighted by atomic mass is 32.2. The quantitative estimate of drug-likeness (QED) is 0.787. The maximum absolute atomic E-state index is 13.2. The van der Waals surface area contributed by atoms with Gasteiger partial charge in [0.25, 0.3) is 0 Å². The molecule has 1 atom stereocenters. The second kappa shape index (κ2) is 6.08. The minimum atomic E-state index is -0.859. The van der Waals surface area contributed by atoms with Gasteiger partial charge in [-0.1, -0.05) is 13.0 Å². The van der Waals surface area contributed by atoms with Gasteiger partial charge in [-0.25, -0.2) is 8.78 Å². The maximum Gasteiger partial charge on any atom is 0.131 e. The Labute approximate surface area is 92.5 Å². The van der Waals surface area contributed by atoms with Crippen molar-refractivity contribution in [2.45, 2.75) is 19.4 Å². The molecule has 0 saturated heterocycles. The van der Waals surface area contributed by atoms with Gasteiger partial charge in [0.1, 0.15) is 11.6 Å². The van der Waals surface area contributed by atoms with Crippen LogP contribution in [0.25, 0.3) is 0 Å². The molecule has 0 aromatic heterocycles. The van der Waals surface area contributed by atoms with Crippen LogP contribution in [0.15, 0.2) is 18.2 Å². The SMILES string of the molecule is CCCSCC(O)c1ccc(F)cc1F. The summed E-state index contributed by atoms with van der Waals surface area (Å²) in [4.78, 5) is 0. The number of benzene rings is 1. The third-order valence-corrected chi connectivity index (χ3v) is 3.19. The number of hydrogen-bond donors (Lipinski definition) is 1. The van der Waals surface area contributed by atoms with Crippen LogP contribution in [-0.2, 0) is 0 Å². The van der Waals surface area contributed by atoms with Crippen molar-refractivity contribution in [3.05, 3.63) is 35.4 Å². The lowest BCUT2D eigenvalue weighted by Crippen LogP contribution is -2.04. The molecule has 0 amide bonds. The van der Waals surface area contributed by atoms with Crippen molar-refractivity contribution in [3.8, 4) is 0 Å². The summed E-state index contributed by atoms with van der Waals surface area (Å²) in [6, 6.07) is 3.25. The molecule has 1 rings (SSSR count). The van der Waals surface area contributed by atoms with Crippen LogP contribution < -0.4 is 0 Å². The second-order valence-corrected chi connectivity index (χ2v) is 4.41. The second-order valence-electron chi connectivity index (χ2n) is 3.26. The zero-order valence-electron chi connectivity index (χ0n) is 8.54. The lowest BCUT2D eigenvalue weighted by Gasteiger charge is -2.11. The van der Waals surface area contributed by atoms with Crippen molar-refractivity contribution in [2.24, 2.45) is 0 Å². The number of rotatable bonds is 5. The zero-order chi connectivity index (χ0) is 11.3. The molecule has 0 bridgehead atoms. The van der Waals surface area contributed by atoms with E-state index in [0.717, 1.165) is 24.3 Å². The minimum absolute atomic E-state index is 0.167. The summed E-state index contributed by atoms with van der Waals surface area (Å²) < 4.78 is 25.8. The van der Waals surface area contributed by atoms with E-state index in [0.29, 0.717) is 5.75 Å². The molecule has 0 radical (unpaired) electrons. The number of thioether (sulfide) groups is 1. The lowest BCUT2D eigenvalue weighted by molar-refractivity contribution is 0.198. The van der Waals surface area contributed by atoms with E-state index in [9.17, 15) is 13.9 Å². The molecule has 84 valence electrons. The van der Waals surface area contributed by atoms with Gasteiger partial charge in [0.2, 0.25) is 0 Å². The van der Waals surface area contributed by atoms with Gasteiger partial charge in [-0.05, 0) is 18.2 Å². The van der Waals surface area contributed by atoms with Crippen LogP contribution in [0, 0.1) is 11.6 Å². The van der Waals surface area contributed by atoms with Crippen molar-refractivity contribution >= 4 is 11.8 Å². The Morgan fingerprint density at radius 2 is 2.13 bits per heavy atom. The summed E-state index contributed by atoms with van der Waals surface area (Å²) in [5.74, 6) is 0.0697. The fraction of sp³-hybridized carbons (Fsp3) is 0.455. The van der Waals surface area contributed by atoms with Gasteiger partial charge in [-0.15, -0.1) is 0 Å². The largest absolute Gasteiger partial charge is 0.387 e. The third kappa shape index (κ3) is 3.80. The number of aliphatic hydroxyl groups is 1. The first kappa shape index (κ1) is 12.5. The summed E-state index contributed by atoms with van der Waals surface area (Å²) in [7, 11) is 0. The van der Waals surface area contributed by atoms with E-state index in [1.807, 2.05) is 6.92 Å². The Hall–Kier alpha value is -0.610. The lowest BCUT2D eigenvalue weighted by atomic mass is 10.1. The number of hydrogen-bond acceptors (Lipinski definition) is 2. The van der Waals surface area contributed by atoms with E-state index in [2.05, 4.69) is 0 Å². The molecule has 0 aliphatic carbocycles. The summed E-state index contributed by atoms with van der Waals surface area (Å²) in [6.07, 6.45) is 0.158. The van der Waals surface area contributed by atoms with E-state index < -0.39 is 17.7 Å². The average molecular weight is 232 g/mol. The van der Waals surface area contributed by atoms with Gasteiger partial charge in [-0.2, -0.15) is 11.8 Å². The number of aliphatic hydroxyl groups excluding tert-OH is 1. The van der Waals surface area contributed by atoms with Crippen molar-refractivity contribution < 1.29 is 13.9 Å². The zero-order valence-corrected chi connectivity index (χ0v) is 9.36. The topological polar surface area (TPSA) is 20.2 Å². The third-order valence-electron chi connectivity index (χ3n) is 1.95. The molecule has 0 saturated carbocycles. The standard InChI is InChI=1S/C11H14F2OS/c1-2-5-15-7-11(14)9-4-3-8(12)6-10(9)13/h3-4,6,11,14H,2,5,7H2,1H3. The average Bonchev–Trinajstić information content (AvgIpc) is 2.17. The first-order valence-corrected chi connectivity index (χ1v) is 6.01. The van der Waals surface area contributed by atoms with Gasteiger partial charge in [0.05, 0.1) is 6.10 Å². The molecular formula is C11H14F2OS. The highest BCUT2D eigenvalue weighted by Gasteiger charge is 2.12. The predicted molar refractivity (Wildman–Crippen MR) is 58.9 cm³/mol. The van der Waals surface area contributed by atoms with Crippen LogP contribution in [0.5, 0.6) is 0 Å². The Balaban J connectivity index is 2.61. The number of halogens is 2. The van der Waals surface area contributed by atoms with Crippen LogP contribution in [0.4, 0.5) is 8.78 Å². The molecule has 0 heterocycles. The van der Waals surface area contributed by atoms with Crippen LogP contribution in [-0.4, -0.2) is 16.6 Å². The van der Waals surface area contributed by atoms with E-state index >= 15 is 0 Å². The molecule has 0 fully saturated rings. The van der Waals surface area contributed by atoms with Crippen molar-refractivity contribution in [3.63, 3.8) is 0 Å². The van der Waals surface area contributed by atoms with Crippen molar-refractivity contribution in [1.29, 1.82) is 0 Å². The first-order chi connectivity index (χ1) is 7.15. The molecular weight excluding hydrogens is 218 g/mol.